The first-order valence-electron chi connectivity index (χ1n) is 6.56. The molecule has 0 aliphatic heterocycles. The van der Waals surface area contributed by atoms with E-state index in [2.05, 4.69) is 23.8 Å². The molecule has 0 bridgehead atoms. The van der Waals surface area contributed by atoms with Gasteiger partial charge in [-0.3, -0.25) is 10.1 Å². The Balaban J connectivity index is 2.41. The van der Waals surface area contributed by atoms with Crippen molar-refractivity contribution in [2.24, 2.45) is 18.7 Å². The molecule has 1 aromatic rings. The maximum Gasteiger partial charge on any atom is 0.138 e. The lowest BCUT2D eigenvalue weighted by molar-refractivity contribution is 0.609. The summed E-state index contributed by atoms with van der Waals surface area (Å²) >= 11 is 0. The van der Waals surface area contributed by atoms with E-state index < -0.39 is 0 Å². The molecule has 1 aromatic heterocycles. The van der Waals surface area contributed by atoms with Crippen molar-refractivity contribution >= 4 is 11.7 Å². The number of aryl methyl sites for hydroxylation is 2. The SMILES string of the molecule is Cc1nn(C)c(N(CC2CC2)C(C)C)c1C(=N)N. The van der Waals surface area contributed by atoms with Crippen molar-refractivity contribution in [1.82, 2.24) is 9.78 Å². The molecular weight excluding hydrogens is 226 g/mol. The molecule has 0 saturated heterocycles. The Labute approximate surface area is 108 Å². The number of hydrogen-bond acceptors (Lipinski definition) is 3. The van der Waals surface area contributed by atoms with Gasteiger partial charge >= 0.3 is 0 Å². The summed E-state index contributed by atoms with van der Waals surface area (Å²) in [6, 6.07) is 0.387. The van der Waals surface area contributed by atoms with E-state index in [1.807, 2.05) is 18.7 Å². The number of anilines is 1. The summed E-state index contributed by atoms with van der Waals surface area (Å²) in [6.07, 6.45) is 2.63. The fourth-order valence-electron chi connectivity index (χ4n) is 2.41. The maximum absolute atomic E-state index is 7.76. The molecule has 0 unspecified atom stereocenters. The van der Waals surface area contributed by atoms with Crippen LogP contribution in [0.25, 0.3) is 0 Å². The van der Waals surface area contributed by atoms with Crippen LogP contribution in [0.1, 0.15) is 37.9 Å². The van der Waals surface area contributed by atoms with Gasteiger partial charge in [-0.2, -0.15) is 5.10 Å². The molecule has 18 heavy (non-hydrogen) atoms. The number of hydrogen-bond donors (Lipinski definition) is 2. The molecule has 1 saturated carbocycles. The summed E-state index contributed by atoms with van der Waals surface area (Å²) < 4.78 is 1.86. The van der Waals surface area contributed by atoms with Crippen LogP contribution in [-0.2, 0) is 7.05 Å². The normalized spacial score (nSPS) is 15.2. The molecule has 0 aromatic carbocycles. The zero-order valence-electron chi connectivity index (χ0n) is 11.7. The minimum Gasteiger partial charge on any atom is -0.384 e. The predicted octanol–water partition coefficient (Wildman–Crippen LogP) is 1.64. The highest BCUT2D eigenvalue weighted by molar-refractivity contribution is 6.01. The highest BCUT2D eigenvalue weighted by Gasteiger charge is 2.29. The Morgan fingerprint density at radius 2 is 2.17 bits per heavy atom. The Hall–Kier alpha value is -1.52. The lowest BCUT2D eigenvalue weighted by Gasteiger charge is -2.29. The second-order valence-corrected chi connectivity index (χ2v) is 5.51. The van der Waals surface area contributed by atoms with Gasteiger partial charge in [-0.25, -0.2) is 0 Å². The third kappa shape index (κ3) is 2.35. The van der Waals surface area contributed by atoms with E-state index in [0.29, 0.717) is 6.04 Å². The van der Waals surface area contributed by atoms with Gasteiger partial charge in [-0.1, -0.05) is 0 Å². The van der Waals surface area contributed by atoms with Gasteiger partial charge in [0.1, 0.15) is 11.7 Å². The molecule has 1 aliphatic rings. The number of rotatable bonds is 5. The van der Waals surface area contributed by atoms with E-state index in [9.17, 15) is 0 Å². The molecule has 5 nitrogen and oxygen atoms in total. The van der Waals surface area contributed by atoms with Crippen LogP contribution in [0, 0.1) is 18.3 Å². The molecule has 100 valence electrons. The van der Waals surface area contributed by atoms with E-state index in [1.54, 1.807) is 0 Å². The van der Waals surface area contributed by atoms with Crippen LogP contribution >= 0.6 is 0 Å². The second-order valence-electron chi connectivity index (χ2n) is 5.51. The van der Waals surface area contributed by atoms with Crippen molar-refractivity contribution in [2.75, 3.05) is 11.4 Å². The molecular formula is C13H23N5. The van der Waals surface area contributed by atoms with Crippen molar-refractivity contribution in [1.29, 1.82) is 5.41 Å². The molecule has 0 spiro atoms. The van der Waals surface area contributed by atoms with Gasteiger partial charge < -0.3 is 10.6 Å². The molecule has 1 heterocycles. The zero-order valence-corrected chi connectivity index (χ0v) is 11.7. The van der Waals surface area contributed by atoms with Crippen LogP contribution in [0.2, 0.25) is 0 Å². The third-order valence-corrected chi connectivity index (χ3v) is 3.51. The molecule has 5 heteroatoms. The summed E-state index contributed by atoms with van der Waals surface area (Å²) in [5, 5.41) is 12.2. The van der Waals surface area contributed by atoms with Crippen LogP contribution in [-0.4, -0.2) is 28.2 Å². The molecule has 1 fully saturated rings. The lowest BCUT2D eigenvalue weighted by atomic mass is 10.1. The number of nitrogens with zero attached hydrogens (tertiary/aromatic N) is 3. The number of aromatic nitrogens is 2. The number of nitrogen functional groups attached to an aromatic ring is 1. The largest absolute Gasteiger partial charge is 0.384 e. The maximum atomic E-state index is 7.76. The van der Waals surface area contributed by atoms with Crippen molar-refractivity contribution in [3.8, 4) is 0 Å². The van der Waals surface area contributed by atoms with Gasteiger partial charge in [0, 0.05) is 19.6 Å². The van der Waals surface area contributed by atoms with Crippen LogP contribution < -0.4 is 10.6 Å². The van der Waals surface area contributed by atoms with Crippen molar-refractivity contribution < 1.29 is 0 Å². The summed E-state index contributed by atoms with van der Waals surface area (Å²) in [4.78, 5) is 2.33. The number of nitrogens with one attached hydrogen (secondary N) is 1. The zero-order chi connectivity index (χ0) is 13.4. The van der Waals surface area contributed by atoms with E-state index in [-0.39, 0.29) is 5.84 Å². The quantitative estimate of drug-likeness (QED) is 0.615. The number of nitrogens with two attached hydrogens (primary N) is 1. The smallest absolute Gasteiger partial charge is 0.138 e. The molecule has 0 amide bonds. The molecule has 0 radical (unpaired) electrons. The van der Waals surface area contributed by atoms with E-state index in [1.165, 1.54) is 12.8 Å². The topological polar surface area (TPSA) is 70.9 Å². The summed E-state index contributed by atoms with van der Waals surface area (Å²) in [5.41, 5.74) is 7.34. The minimum absolute atomic E-state index is 0.108. The standard InChI is InChI=1S/C13H23N5/c1-8(2)18(7-10-5-6-10)13-11(12(14)15)9(3)16-17(13)4/h8,10H,5-7H2,1-4H3,(H3,14,15). The van der Waals surface area contributed by atoms with Gasteiger partial charge in [-0.05, 0) is 39.5 Å². The van der Waals surface area contributed by atoms with Gasteiger partial charge in [0.25, 0.3) is 0 Å². The molecule has 0 atom stereocenters. The Bertz CT molecular complexity index is 456. The lowest BCUT2D eigenvalue weighted by Crippen LogP contribution is -2.36. The van der Waals surface area contributed by atoms with Crippen LogP contribution in [0.15, 0.2) is 0 Å². The monoisotopic (exact) mass is 249 g/mol. The molecule has 3 N–H and O–H groups in total. The Kier molecular flexibility index (Phi) is 3.32. The summed E-state index contributed by atoms with van der Waals surface area (Å²) in [7, 11) is 1.93. The third-order valence-electron chi connectivity index (χ3n) is 3.51. The molecule has 1 aliphatic carbocycles. The number of amidine groups is 1. The average molecular weight is 249 g/mol. The van der Waals surface area contributed by atoms with Crippen LogP contribution in [0.5, 0.6) is 0 Å². The van der Waals surface area contributed by atoms with E-state index in [0.717, 1.165) is 29.5 Å². The highest BCUT2D eigenvalue weighted by atomic mass is 15.4. The first-order valence-corrected chi connectivity index (χ1v) is 6.56. The minimum atomic E-state index is 0.108. The van der Waals surface area contributed by atoms with Gasteiger partial charge in [0.2, 0.25) is 0 Å². The van der Waals surface area contributed by atoms with Crippen molar-refractivity contribution in [3.05, 3.63) is 11.3 Å². The van der Waals surface area contributed by atoms with Gasteiger partial charge in [0.05, 0.1) is 11.3 Å². The first kappa shape index (κ1) is 12.9. The van der Waals surface area contributed by atoms with Crippen molar-refractivity contribution in [2.45, 2.75) is 39.7 Å². The fraction of sp³-hybridized carbons (Fsp3) is 0.692. The van der Waals surface area contributed by atoms with E-state index in [4.69, 9.17) is 11.1 Å². The van der Waals surface area contributed by atoms with Crippen molar-refractivity contribution in [3.63, 3.8) is 0 Å². The summed E-state index contributed by atoms with van der Waals surface area (Å²) in [5.74, 6) is 1.89. The second kappa shape index (κ2) is 4.63. The Morgan fingerprint density at radius 1 is 1.56 bits per heavy atom. The van der Waals surface area contributed by atoms with E-state index >= 15 is 0 Å². The highest BCUT2D eigenvalue weighted by Crippen LogP contribution is 2.33. The van der Waals surface area contributed by atoms with Crippen LogP contribution in [0.4, 0.5) is 5.82 Å². The molecule has 2 rings (SSSR count). The predicted molar refractivity (Wildman–Crippen MR) is 74.2 cm³/mol. The summed E-state index contributed by atoms with van der Waals surface area (Å²) in [6.45, 7) is 7.30. The van der Waals surface area contributed by atoms with Gasteiger partial charge in [0.15, 0.2) is 0 Å². The Morgan fingerprint density at radius 3 is 2.61 bits per heavy atom. The average Bonchev–Trinajstić information content (AvgIpc) is 3.00. The van der Waals surface area contributed by atoms with Crippen LogP contribution in [0.3, 0.4) is 0 Å². The fourth-order valence-corrected chi connectivity index (χ4v) is 2.41. The van der Waals surface area contributed by atoms with Gasteiger partial charge in [-0.15, -0.1) is 0 Å². The first-order chi connectivity index (χ1) is 8.41.